The highest BCUT2D eigenvalue weighted by atomic mass is 16.5. The monoisotopic (exact) mass is 316 g/mol. The molecule has 2 aromatic rings. The van der Waals surface area contributed by atoms with Crippen LogP contribution in [0.2, 0.25) is 0 Å². The van der Waals surface area contributed by atoms with Gasteiger partial charge >= 0.3 is 0 Å². The average molecular weight is 316 g/mol. The molecule has 0 atom stereocenters. The molecular weight excluding hydrogens is 296 g/mol. The second kappa shape index (κ2) is 7.60. The molecule has 1 aromatic heterocycles. The number of aliphatic imine (C=N–C) groups is 1. The Morgan fingerprint density at radius 3 is 2.74 bits per heavy atom. The molecule has 1 heterocycles. The van der Waals surface area contributed by atoms with Gasteiger partial charge < -0.3 is 19.7 Å². The summed E-state index contributed by atoms with van der Waals surface area (Å²) in [6.45, 7) is 3.90. The lowest BCUT2D eigenvalue weighted by Crippen LogP contribution is -1.98. The third kappa shape index (κ3) is 3.78. The van der Waals surface area contributed by atoms with Gasteiger partial charge in [0.15, 0.2) is 11.5 Å². The number of aliphatic hydroxyl groups is 1. The van der Waals surface area contributed by atoms with Crippen molar-refractivity contribution in [2.75, 3.05) is 13.7 Å². The molecule has 0 bridgehead atoms. The van der Waals surface area contributed by atoms with E-state index in [1.165, 1.54) is 12.4 Å². The molecule has 0 radical (unpaired) electrons. The zero-order valence-electron chi connectivity index (χ0n) is 13.4. The Morgan fingerprint density at radius 1 is 1.30 bits per heavy atom. The first-order chi connectivity index (χ1) is 11.1. The van der Waals surface area contributed by atoms with Crippen LogP contribution in [0.25, 0.3) is 0 Å². The van der Waals surface area contributed by atoms with E-state index in [4.69, 9.17) is 9.47 Å². The van der Waals surface area contributed by atoms with Crippen molar-refractivity contribution in [2.45, 2.75) is 20.5 Å². The van der Waals surface area contributed by atoms with Crippen molar-refractivity contribution in [3.63, 3.8) is 0 Å². The van der Waals surface area contributed by atoms with Crippen LogP contribution in [0.1, 0.15) is 23.7 Å². The molecule has 0 aliphatic rings. The predicted octanol–water partition coefficient (Wildman–Crippen LogP) is 2.75. The Bertz CT molecular complexity index is 714. The van der Waals surface area contributed by atoms with Gasteiger partial charge in [-0.2, -0.15) is 0 Å². The van der Waals surface area contributed by atoms with Crippen LogP contribution in [0, 0.1) is 6.92 Å². The summed E-state index contributed by atoms with van der Waals surface area (Å²) in [6, 6.07) is 5.30. The minimum atomic E-state index is -0.227. The van der Waals surface area contributed by atoms with Crippen LogP contribution >= 0.6 is 0 Å². The number of aryl methyl sites for hydroxylation is 1. The highest BCUT2D eigenvalue weighted by molar-refractivity contribution is 5.87. The van der Waals surface area contributed by atoms with E-state index in [2.05, 4.69) is 9.98 Å². The first-order valence-electron chi connectivity index (χ1n) is 7.23. The number of pyridine rings is 1. The van der Waals surface area contributed by atoms with Gasteiger partial charge in [0.1, 0.15) is 5.75 Å². The Morgan fingerprint density at radius 2 is 2.09 bits per heavy atom. The van der Waals surface area contributed by atoms with Gasteiger partial charge in [-0.1, -0.05) is 0 Å². The molecule has 0 saturated heterocycles. The van der Waals surface area contributed by atoms with E-state index >= 15 is 0 Å². The van der Waals surface area contributed by atoms with E-state index in [-0.39, 0.29) is 12.4 Å². The summed E-state index contributed by atoms with van der Waals surface area (Å²) < 4.78 is 10.7. The lowest BCUT2D eigenvalue weighted by molar-refractivity contribution is 0.280. The molecule has 0 spiro atoms. The number of methoxy groups -OCH3 is 1. The molecule has 0 saturated carbocycles. The van der Waals surface area contributed by atoms with Crippen LogP contribution in [0.15, 0.2) is 29.4 Å². The molecular formula is C17H20N2O4. The maximum absolute atomic E-state index is 10.1. The van der Waals surface area contributed by atoms with Crippen LogP contribution in [-0.4, -0.2) is 35.1 Å². The molecule has 0 fully saturated rings. The minimum Gasteiger partial charge on any atom is -0.505 e. The lowest BCUT2D eigenvalue weighted by atomic mass is 10.1. The van der Waals surface area contributed by atoms with Gasteiger partial charge in [-0.05, 0) is 26.0 Å². The van der Waals surface area contributed by atoms with E-state index in [1.54, 1.807) is 32.2 Å². The van der Waals surface area contributed by atoms with Crippen LogP contribution in [-0.2, 0) is 6.61 Å². The fourth-order valence-corrected chi connectivity index (χ4v) is 2.07. The average Bonchev–Trinajstić information content (AvgIpc) is 2.57. The van der Waals surface area contributed by atoms with Gasteiger partial charge in [-0.25, -0.2) is 0 Å². The highest BCUT2D eigenvalue weighted by Gasteiger charge is 2.10. The Balaban J connectivity index is 2.36. The fourth-order valence-electron chi connectivity index (χ4n) is 2.07. The Labute approximate surface area is 135 Å². The minimum absolute atomic E-state index is 0.0122. The second-order valence-electron chi connectivity index (χ2n) is 4.82. The van der Waals surface area contributed by atoms with Gasteiger partial charge in [0, 0.05) is 29.6 Å². The maximum Gasteiger partial charge on any atom is 0.162 e. The molecule has 0 unspecified atom stereocenters. The largest absolute Gasteiger partial charge is 0.505 e. The number of benzene rings is 1. The molecule has 2 rings (SSSR count). The number of aromatic nitrogens is 1. The van der Waals surface area contributed by atoms with Crippen molar-refractivity contribution in [1.82, 2.24) is 4.98 Å². The quantitative estimate of drug-likeness (QED) is 0.801. The standard InChI is InChI=1S/C17H20N2O4/c1-4-23-15-6-5-13(7-16(15)22-3)19-9-14-12(10-20)8-18-11(2)17(14)21/h5-9,20-21H,4,10H2,1-3H3. The van der Waals surface area contributed by atoms with Crippen LogP contribution in [0.4, 0.5) is 5.69 Å². The molecule has 6 nitrogen and oxygen atoms in total. The zero-order chi connectivity index (χ0) is 16.8. The summed E-state index contributed by atoms with van der Waals surface area (Å²) in [6.07, 6.45) is 3.03. The van der Waals surface area contributed by atoms with Crippen LogP contribution < -0.4 is 9.47 Å². The van der Waals surface area contributed by atoms with Crippen molar-refractivity contribution in [1.29, 1.82) is 0 Å². The number of aromatic hydroxyl groups is 1. The summed E-state index contributed by atoms with van der Waals surface area (Å²) in [4.78, 5) is 8.35. The van der Waals surface area contributed by atoms with E-state index in [9.17, 15) is 10.2 Å². The number of nitrogens with zero attached hydrogens (tertiary/aromatic N) is 2. The smallest absolute Gasteiger partial charge is 0.162 e. The zero-order valence-corrected chi connectivity index (χ0v) is 13.4. The molecule has 6 heteroatoms. The molecule has 122 valence electrons. The van der Waals surface area contributed by atoms with Gasteiger partial charge in [0.2, 0.25) is 0 Å². The Kier molecular flexibility index (Phi) is 5.54. The summed E-state index contributed by atoms with van der Waals surface area (Å²) in [5.41, 5.74) is 2.08. The van der Waals surface area contributed by atoms with E-state index in [1.807, 2.05) is 6.92 Å². The molecule has 1 aromatic carbocycles. The van der Waals surface area contributed by atoms with E-state index in [0.29, 0.717) is 40.6 Å². The maximum atomic E-state index is 10.1. The first kappa shape index (κ1) is 16.8. The molecule has 0 aliphatic heterocycles. The number of hydrogen-bond donors (Lipinski definition) is 2. The summed E-state index contributed by atoms with van der Waals surface area (Å²) in [5.74, 6) is 1.24. The van der Waals surface area contributed by atoms with E-state index < -0.39 is 0 Å². The van der Waals surface area contributed by atoms with Gasteiger partial charge in [-0.3, -0.25) is 9.98 Å². The number of aliphatic hydroxyl groups excluding tert-OH is 1. The van der Waals surface area contributed by atoms with Crippen molar-refractivity contribution in [2.24, 2.45) is 4.99 Å². The molecule has 0 aliphatic carbocycles. The number of hydrogen-bond acceptors (Lipinski definition) is 6. The summed E-state index contributed by atoms with van der Waals surface area (Å²) in [5, 5.41) is 19.5. The fraction of sp³-hybridized carbons (Fsp3) is 0.294. The van der Waals surface area contributed by atoms with Crippen molar-refractivity contribution >= 4 is 11.9 Å². The number of rotatable bonds is 6. The van der Waals surface area contributed by atoms with Gasteiger partial charge in [0.05, 0.1) is 31.7 Å². The molecule has 23 heavy (non-hydrogen) atoms. The highest BCUT2D eigenvalue weighted by Crippen LogP contribution is 2.31. The predicted molar refractivity (Wildman–Crippen MR) is 88.0 cm³/mol. The topological polar surface area (TPSA) is 84.2 Å². The van der Waals surface area contributed by atoms with E-state index in [0.717, 1.165) is 0 Å². The van der Waals surface area contributed by atoms with Gasteiger partial charge in [-0.15, -0.1) is 0 Å². The molecule has 0 amide bonds. The van der Waals surface area contributed by atoms with Crippen molar-refractivity contribution < 1.29 is 19.7 Å². The normalized spacial score (nSPS) is 11.0. The van der Waals surface area contributed by atoms with Crippen molar-refractivity contribution in [3.05, 3.63) is 41.2 Å². The SMILES string of the molecule is CCOc1ccc(N=Cc2c(CO)cnc(C)c2O)cc1OC. The van der Waals surface area contributed by atoms with Crippen LogP contribution in [0.5, 0.6) is 17.2 Å². The number of ether oxygens (including phenoxy) is 2. The van der Waals surface area contributed by atoms with Crippen LogP contribution in [0.3, 0.4) is 0 Å². The molecule has 2 N–H and O–H groups in total. The summed E-state index contributed by atoms with van der Waals surface area (Å²) in [7, 11) is 1.56. The lowest BCUT2D eigenvalue weighted by Gasteiger charge is -2.10. The first-order valence-corrected chi connectivity index (χ1v) is 7.23. The van der Waals surface area contributed by atoms with Gasteiger partial charge in [0.25, 0.3) is 0 Å². The third-order valence-electron chi connectivity index (χ3n) is 3.32. The second-order valence-corrected chi connectivity index (χ2v) is 4.82. The van der Waals surface area contributed by atoms with Crippen molar-refractivity contribution in [3.8, 4) is 17.2 Å². The summed E-state index contributed by atoms with van der Waals surface area (Å²) >= 11 is 0. The third-order valence-corrected chi connectivity index (χ3v) is 3.32. The Hall–Kier alpha value is -2.60.